The standard InChI is InChI=1S/C18H22N4O3/c23-15-7-6-14(17(24)20-15)22-10-12-4-5-13(19-16(12)18(22)25)11-21-8-2-1-3-9-21/h4-5,14H,1-3,6-11H2,(H,20,23,24). The lowest BCUT2D eigenvalue weighted by Gasteiger charge is -2.29. The molecule has 0 spiro atoms. The van der Waals surface area contributed by atoms with Gasteiger partial charge in [-0.25, -0.2) is 4.98 Å². The maximum atomic E-state index is 12.8. The Bertz CT molecular complexity index is 727. The van der Waals surface area contributed by atoms with E-state index in [1.165, 1.54) is 19.3 Å². The number of hydrogen-bond donors (Lipinski definition) is 1. The van der Waals surface area contributed by atoms with Gasteiger partial charge in [0, 0.05) is 25.1 Å². The molecule has 25 heavy (non-hydrogen) atoms. The van der Waals surface area contributed by atoms with Gasteiger partial charge < -0.3 is 4.90 Å². The third-order valence-corrected chi connectivity index (χ3v) is 5.26. The van der Waals surface area contributed by atoms with Crippen LogP contribution < -0.4 is 5.32 Å². The van der Waals surface area contributed by atoms with Gasteiger partial charge in [-0.1, -0.05) is 12.5 Å². The normalized spacial score (nSPS) is 24.4. The van der Waals surface area contributed by atoms with Gasteiger partial charge in [-0.3, -0.25) is 24.6 Å². The van der Waals surface area contributed by atoms with Crippen LogP contribution in [0.1, 0.15) is 53.8 Å². The lowest BCUT2D eigenvalue weighted by atomic mass is 10.0. The van der Waals surface area contributed by atoms with Crippen molar-refractivity contribution in [2.24, 2.45) is 0 Å². The van der Waals surface area contributed by atoms with Gasteiger partial charge in [0.05, 0.1) is 5.69 Å². The molecule has 1 atom stereocenters. The molecule has 7 heteroatoms. The molecule has 2 saturated heterocycles. The number of rotatable bonds is 3. The molecule has 4 rings (SSSR count). The summed E-state index contributed by atoms with van der Waals surface area (Å²) in [6, 6.07) is 3.35. The number of fused-ring (bicyclic) bond motifs is 1. The molecule has 1 aromatic rings. The second-order valence-electron chi connectivity index (χ2n) is 7.05. The van der Waals surface area contributed by atoms with Gasteiger partial charge in [-0.15, -0.1) is 0 Å². The highest BCUT2D eigenvalue weighted by Crippen LogP contribution is 2.26. The Morgan fingerprint density at radius 1 is 1.12 bits per heavy atom. The topological polar surface area (TPSA) is 82.6 Å². The smallest absolute Gasteiger partial charge is 0.273 e. The Hall–Kier alpha value is -2.28. The van der Waals surface area contributed by atoms with Gasteiger partial charge in [-0.2, -0.15) is 0 Å². The van der Waals surface area contributed by atoms with E-state index in [1.54, 1.807) is 4.90 Å². The van der Waals surface area contributed by atoms with Crippen molar-refractivity contribution in [3.8, 4) is 0 Å². The van der Waals surface area contributed by atoms with E-state index < -0.39 is 6.04 Å². The van der Waals surface area contributed by atoms with Crippen molar-refractivity contribution in [1.82, 2.24) is 20.1 Å². The number of aromatic nitrogens is 1. The quantitative estimate of drug-likeness (QED) is 0.823. The number of nitrogens with one attached hydrogen (secondary N) is 1. The zero-order valence-corrected chi connectivity index (χ0v) is 14.2. The molecule has 3 amide bonds. The summed E-state index contributed by atoms with van der Waals surface area (Å²) in [4.78, 5) is 44.6. The maximum absolute atomic E-state index is 12.8. The first-order valence-corrected chi connectivity index (χ1v) is 8.97. The number of carbonyl (C=O) groups is 3. The van der Waals surface area contributed by atoms with E-state index in [4.69, 9.17) is 0 Å². The number of likely N-dealkylation sites (tertiary alicyclic amines) is 1. The summed E-state index contributed by atoms with van der Waals surface area (Å²) in [5, 5.41) is 2.32. The van der Waals surface area contributed by atoms with Gasteiger partial charge in [-0.05, 0) is 38.4 Å². The van der Waals surface area contributed by atoms with Crippen LogP contribution in [0.25, 0.3) is 0 Å². The summed E-state index contributed by atoms with van der Waals surface area (Å²) in [7, 11) is 0. The van der Waals surface area contributed by atoms with Crippen molar-refractivity contribution in [3.05, 3.63) is 29.1 Å². The van der Waals surface area contributed by atoms with Crippen LogP contribution in [-0.2, 0) is 22.7 Å². The molecule has 1 N–H and O–H groups in total. The Morgan fingerprint density at radius 2 is 1.92 bits per heavy atom. The minimum atomic E-state index is -0.579. The van der Waals surface area contributed by atoms with Gasteiger partial charge in [0.1, 0.15) is 11.7 Å². The first-order chi connectivity index (χ1) is 12.1. The largest absolute Gasteiger partial charge is 0.321 e. The number of piperidine rings is 2. The highest BCUT2D eigenvalue weighted by molar-refractivity contribution is 6.04. The average molecular weight is 342 g/mol. The third-order valence-electron chi connectivity index (χ3n) is 5.26. The summed E-state index contributed by atoms with van der Waals surface area (Å²) >= 11 is 0. The number of pyridine rings is 1. The van der Waals surface area contributed by atoms with Crippen LogP contribution in [0.4, 0.5) is 0 Å². The summed E-state index contributed by atoms with van der Waals surface area (Å²) in [6.45, 7) is 3.31. The van der Waals surface area contributed by atoms with Crippen molar-refractivity contribution in [3.63, 3.8) is 0 Å². The number of carbonyl (C=O) groups excluding carboxylic acids is 3. The number of amides is 3. The molecule has 0 aromatic carbocycles. The zero-order chi connectivity index (χ0) is 17.4. The first kappa shape index (κ1) is 16.2. The predicted octanol–water partition coefficient (Wildman–Crippen LogP) is 0.828. The van der Waals surface area contributed by atoms with Crippen LogP contribution in [0.3, 0.4) is 0 Å². The lowest BCUT2D eigenvalue weighted by molar-refractivity contribution is -0.136. The van der Waals surface area contributed by atoms with Crippen LogP contribution in [0.15, 0.2) is 12.1 Å². The number of nitrogens with zero attached hydrogens (tertiary/aromatic N) is 3. The summed E-state index contributed by atoms with van der Waals surface area (Å²) in [6.07, 6.45) is 4.36. The third kappa shape index (κ3) is 3.16. The highest BCUT2D eigenvalue weighted by atomic mass is 16.2. The molecule has 0 saturated carbocycles. The summed E-state index contributed by atoms with van der Waals surface area (Å²) in [5.41, 5.74) is 2.22. The molecule has 4 heterocycles. The molecule has 132 valence electrons. The second-order valence-corrected chi connectivity index (χ2v) is 7.05. The van der Waals surface area contributed by atoms with Crippen LogP contribution in [0.2, 0.25) is 0 Å². The van der Waals surface area contributed by atoms with Crippen LogP contribution >= 0.6 is 0 Å². The SMILES string of the molecule is O=C1CCC(N2Cc3ccc(CN4CCCCC4)nc3C2=O)C(=O)N1. The van der Waals surface area contributed by atoms with Gasteiger partial charge in [0.2, 0.25) is 11.8 Å². The molecule has 2 fully saturated rings. The van der Waals surface area contributed by atoms with E-state index >= 15 is 0 Å². The maximum Gasteiger partial charge on any atom is 0.273 e. The van der Waals surface area contributed by atoms with Crippen molar-refractivity contribution in [1.29, 1.82) is 0 Å². The number of hydrogen-bond acceptors (Lipinski definition) is 5. The van der Waals surface area contributed by atoms with E-state index in [2.05, 4.69) is 15.2 Å². The zero-order valence-electron chi connectivity index (χ0n) is 14.2. The first-order valence-electron chi connectivity index (χ1n) is 8.97. The van der Waals surface area contributed by atoms with Crippen LogP contribution in [0.5, 0.6) is 0 Å². The van der Waals surface area contributed by atoms with Gasteiger partial charge >= 0.3 is 0 Å². The van der Waals surface area contributed by atoms with Crippen molar-refractivity contribution < 1.29 is 14.4 Å². The van der Waals surface area contributed by atoms with E-state index in [0.29, 0.717) is 18.7 Å². The molecule has 1 aromatic heterocycles. The molecule has 0 aliphatic carbocycles. The fourth-order valence-electron chi connectivity index (χ4n) is 3.90. The van der Waals surface area contributed by atoms with Crippen molar-refractivity contribution in [2.45, 2.75) is 51.2 Å². The van der Waals surface area contributed by atoms with Crippen molar-refractivity contribution >= 4 is 17.7 Å². The molecule has 3 aliphatic heterocycles. The van der Waals surface area contributed by atoms with Crippen LogP contribution in [0, 0.1) is 0 Å². The minimum Gasteiger partial charge on any atom is -0.321 e. The Kier molecular flexibility index (Phi) is 4.25. The second kappa shape index (κ2) is 6.55. The molecular weight excluding hydrogens is 320 g/mol. The molecule has 1 unspecified atom stereocenters. The predicted molar refractivity (Wildman–Crippen MR) is 89.4 cm³/mol. The Balaban J connectivity index is 1.49. The van der Waals surface area contributed by atoms with E-state index in [0.717, 1.165) is 30.9 Å². The monoisotopic (exact) mass is 342 g/mol. The molecular formula is C18H22N4O3. The summed E-state index contributed by atoms with van der Waals surface area (Å²) in [5.74, 6) is -0.858. The van der Waals surface area contributed by atoms with Gasteiger partial charge in [0.25, 0.3) is 5.91 Å². The Morgan fingerprint density at radius 3 is 2.68 bits per heavy atom. The molecule has 0 radical (unpaired) electrons. The fraction of sp³-hybridized carbons (Fsp3) is 0.556. The van der Waals surface area contributed by atoms with E-state index in [9.17, 15) is 14.4 Å². The number of imide groups is 1. The highest BCUT2D eigenvalue weighted by Gasteiger charge is 2.39. The van der Waals surface area contributed by atoms with E-state index in [-0.39, 0.29) is 24.1 Å². The van der Waals surface area contributed by atoms with Crippen LogP contribution in [-0.4, -0.2) is 51.6 Å². The van der Waals surface area contributed by atoms with Gasteiger partial charge in [0.15, 0.2) is 0 Å². The summed E-state index contributed by atoms with van der Waals surface area (Å²) < 4.78 is 0. The van der Waals surface area contributed by atoms with E-state index in [1.807, 2.05) is 12.1 Å². The fourth-order valence-corrected chi connectivity index (χ4v) is 3.90. The van der Waals surface area contributed by atoms with Crippen molar-refractivity contribution in [2.75, 3.05) is 13.1 Å². The Labute approximate surface area is 146 Å². The molecule has 3 aliphatic rings. The average Bonchev–Trinajstić information content (AvgIpc) is 2.92. The minimum absolute atomic E-state index is 0.204. The lowest BCUT2D eigenvalue weighted by Crippen LogP contribution is -2.52. The molecule has 7 nitrogen and oxygen atoms in total. The molecule has 0 bridgehead atoms.